The van der Waals surface area contributed by atoms with Crippen molar-refractivity contribution in [2.24, 2.45) is 0 Å². The fourth-order valence-corrected chi connectivity index (χ4v) is 1.62. The quantitative estimate of drug-likeness (QED) is 0.862. The molecule has 0 unspecified atom stereocenters. The van der Waals surface area contributed by atoms with Crippen LogP contribution in [0.3, 0.4) is 0 Å². The van der Waals surface area contributed by atoms with Gasteiger partial charge in [-0.15, -0.1) is 0 Å². The van der Waals surface area contributed by atoms with Gasteiger partial charge in [0, 0.05) is 11.8 Å². The number of hydrogen-bond acceptors (Lipinski definition) is 3. The van der Waals surface area contributed by atoms with Gasteiger partial charge in [-0.25, -0.2) is 8.78 Å². The molecule has 2 aromatic rings. The van der Waals surface area contributed by atoms with Gasteiger partial charge in [-0.2, -0.15) is 0 Å². The number of hydrogen-bond donors (Lipinski definition) is 1. The first kappa shape index (κ1) is 14.6. The van der Waals surface area contributed by atoms with Crippen molar-refractivity contribution in [3.8, 4) is 5.75 Å². The molecule has 1 N–H and O–H groups in total. The van der Waals surface area contributed by atoms with E-state index in [4.69, 9.17) is 4.74 Å². The molecule has 0 atom stereocenters. The Kier molecular flexibility index (Phi) is 4.61. The summed E-state index contributed by atoms with van der Waals surface area (Å²) in [6.45, 7) is -0.357. The second kappa shape index (κ2) is 6.60. The first-order chi connectivity index (χ1) is 10.1. The molecular weight excluding hydrogens is 280 g/mol. The van der Waals surface area contributed by atoms with E-state index >= 15 is 0 Å². The minimum Gasteiger partial charge on any atom is -0.483 e. The molecule has 2 aromatic carbocycles. The van der Waals surface area contributed by atoms with Crippen LogP contribution in [0.15, 0.2) is 42.5 Å². The third-order valence-electron chi connectivity index (χ3n) is 2.61. The van der Waals surface area contributed by atoms with E-state index in [1.807, 2.05) is 0 Å². The largest absolute Gasteiger partial charge is 0.483 e. The molecule has 0 fully saturated rings. The predicted molar refractivity (Wildman–Crippen MR) is 72.3 cm³/mol. The highest BCUT2D eigenvalue weighted by atomic mass is 19.2. The molecule has 0 aliphatic heterocycles. The van der Waals surface area contributed by atoms with Crippen LogP contribution in [0.1, 0.15) is 10.4 Å². The molecule has 108 valence electrons. The zero-order valence-electron chi connectivity index (χ0n) is 10.8. The molecule has 0 aliphatic carbocycles. The van der Waals surface area contributed by atoms with E-state index in [2.05, 4.69) is 5.32 Å². The van der Waals surface area contributed by atoms with E-state index in [-0.39, 0.29) is 18.0 Å². The van der Waals surface area contributed by atoms with Crippen LogP contribution in [-0.4, -0.2) is 18.8 Å². The fraction of sp³-hybridized carbons (Fsp3) is 0.0667. The molecule has 0 heterocycles. The lowest BCUT2D eigenvalue weighted by molar-refractivity contribution is -0.118. The lowest BCUT2D eigenvalue weighted by atomic mass is 10.2. The van der Waals surface area contributed by atoms with Gasteiger partial charge in [0.05, 0.1) is 5.56 Å². The number of benzene rings is 2. The molecular formula is C15H11F2NO3. The molecule has 0 aromatic heterocycles. The summed E-state index contributed by atoms with van der Waals surface area (Å²) in [7, 11) is 0. The molecule has 0 aliphatic rings. The van der Waals surface area contributed by atoms with Crippen LogP contribution < -0.4 is 10.1 Å². The second-order valence-corrected chi connectivity index (χ2v) is 4.12. The highest BCUT2D eigenvalue weighted by Crippen LogP contribution is 2.16. The summed E-state index contributed by atoms with van der Waals surface area (Å²) in [6, 6.07) is 9.44. The van der Waals surface area contributed by atoms with Crippen molar-refractivity contribution < 1.29 is 23.1 Å². The van der Waals surface area contributed by atoms with E-state index in [1.54, 1.807) is 24.3 Å². The number of anilines is 1. The zero-order valence-corrected chi connectivity index (χ0v) is 10.8. The van der Waals surface area contributed by atoms with Gasteiger partial charge in [-0.05, 0) is 24.3 Å². The van der Waals surface area contributed by atoms with Crippen molar-refractivity contribution in [1.82, 2.24) is 0 Å². The third-order valence-corrected chi connectivity index (χ3v) is 2.61. The summed E-state index contributed by atoms with van der Waals surface area (Å²) < 4.78 is 30.9. The van der Waals surface area contributed by atoms with Crippen molar-refractivity contribution in [2.45, 2.75) is 0 Å². The van der Waals surface area contributed by atoms with Crippen LogP contribution in [0.5, 0.6) is 5.75 Å². The highest BCUT2D eigenvalue weighted by Gasteiger charge is 2.08. The normalized spacial score (nSPS) is 10.0. The number of amides is 1. The summed E-state index contributed by atoms with van der Waals surface area (Å²) in [5.74, 6) is -2.33. The Bertz CT molecular complexity index is 674. The van der Waals surface area contributed by atoms with Gasteiger partial charge in [0.1, 0.15) is 5.75 Å². The minimum absolute atomic E-state index is 0.117. The summed E-state index contributed by atoms with van der Waals surface area (Å²) in [4.78, 5) is 22.4. The SMILES string of the molecule is O=Cc1ccccc1OCC(=O)Nc1ccc(F)c(F)c1. The van der Waals surface area contributed by atoms with Gasteiger partial charge in [-0.3, -0.25) is 9.59 Å². The number of nitrogens with one attached hydrogen (secondary N) is 1. The summed E-state index contributed by atoms with van der Waals surface area (Å²) in [6.07, 6.45) is 0.614. The van der Waals surface area contributed by atoms with Crippen molar-refractivity contribution in [1.29, 1.82) is 0 Å². The number of halogens is 2. The smallest absolute Gasteiger partial charge is 0.262 e. The lowest BCUT2D eigenvalue weighted by Gasteiger charge is -2.09. The predicted octanol–water partition coefficient (Wildman–Crippen LogP) is 2.79. The standard InChI is InChI=1S/C15H11F2NO3/c16-12-6-5-11(7-13(12)17)18-15(20)9-21-14-4-2-1-3-10(14)8-19/h1-8H,9H2,(H,18,20). The van der Waals surface area contributed by atoms with E-state index in [0.29, 0.717) is 11.8 Å². The average Bonchev–Trinajstić information content (AvgIpc) is 2.49. The van der Waals surface area contributed by atoms with E-state index in [1.165, 1.54) is 6.07 Å². The fourth-order valence-electron chi connectivity index (χ4n) is 1.62. The maximum absolute atomic E-state index is 13.0. The molecule has 0 radical (unpaired) electrons. The summed E-state index contributed by atoms with van der Waals surface area (Å²) >= 11 is 0. The number of ether oxygens (including phenoxy) is 1. The van der Waals surface area contributed by atoms with Crippen molar-refractivity contribution in [3.63, 3.8) is 0 Å². The third kappa shape index (κ3) is 3.85. The molecule has 1 amide bonds. The van der Waals surface area contributed by atoms with Gasteiger partial charge >= 0.3 is 0 Å². The van der Waals surface area contributed by atoms with Crippen LogP contribution >= 0.6 is 0 Å². The van der Waals surface area contributed by atoms with Crippen LogP contribution in [0.2, 0.25) is 0 Å². The van der Waals surface area contributed by atoms with Crippen LogP contribution in [0.4, 0.5) is 14.5 Å². The molecule has 6 heteroatoms. The Labute approximate surface area is 119 Å². The molecule has 4 nitrogen and oxygen atoms in total. The Balaban J connectivity index is 1.96. The molecule has 0 saturated heterocycles. The number of carbonyl (C=O) groups excluding carboxylic acids is 2. The molecule has 2 rings (SSSR count). The monoisotopic (exact) mass is 291 g/mol. The van der Waals surface area contributed by atoms with Gasteiger partial charge in [0.15, 0.2) is 24.5 Å². The molecule has 21 heavy (non-hydrogen) atoms. The van der Waals surface area contributed by atoms with E-state index in [0.717, 1.165) is 12.1 Å². The molecule has 0 saturated carbocycles. The summed E-state index contributed by atoms with van der Waals surface area (Å²) in [5, 5.41) is 2.36. The van der Waals surface area contributed by atoms with Gasteiger partial charge in [0.2, 0.25) is 0 Å². The number of carbonyl (C=O) groups is 2. The van der Waals surface area contributed by atoms with Crippen molar-refractivity contribution in [3.05, 3.63) is 59.7 Å². The summed E-state index contributed by atoms with van der Waals surface area (Å²) in [5.41, 5.74) is 0.435. The zero-order chi connectivity index (χ0) is 15.2. The van der Waals surface area contributed by atoms with Crippen molar-refractivity contribution >= 4 is 17.9 Å². The van der Waals surface area contributed by atoms with Gasteiger partial charge in [0.25, 0.3) is 5.91 Å². The average molecular weight is 291 g/mol. The second-order valence-electron chi connectivity index (χ2n) is 4.12. The van der Waals surface area contributed by atoms with Crippen molar-refractivity contribution in [2.75, 3.05) is 11.9 Å². The maximum atomic E-state index is 13.0. The molecule has 0 bridgehead atoms. The first-order valence-corrected chi connectivity index (χ1v) is 6.02. The minimum atomic E-state index is -1.06. The van der Waals surface area contributed by atoms with Gasteiger partial charge < -0.3 is 10.1 Å². The Hall–Kier alpha value is -2.76. The highest BCUT2D eigenvalue weighted by molar-refractivity contribution is 5.92. The Morgan fingerprint density at radius 3 is 2.62 bits per heavy atom. The van der Waals surface area contributed by atoms with Gasteiger partial charge in [-0.1, -0.05) is 12.1 Å². The van der Waals surface area contributed by atoms with Crippen LogP contribution in [0.25, 0.3) is 0 Å². The van der Waals surface area contributed by atoms with Crippen LogP contribution in [0, 0.1) is 11.6 Å². The lowest BCUT2D eigenvalue weighted by Crippen LogP contribution is -2.20. The Morgan fingerprint density at radius 2 is 1.90 bits per heavy atom. The Morgan fingerprint density at radius 1 is 1.14 bits per heavy atom. The molecule has 0 spiro atoms. The van der Waals surface area contributed by atoms with E-state index < -0.39 is 17.5 Å². The van der Waals surface area contributed by atoms with E-state index in [9.17, 15) is 18.4 Å². The van der Waals surface area contributed by atoms with Crippen LogP contribution in [-0.2, 0) is 4.79 Å². The number of aldehydes is 1. The maximum Gasteiger partial charge on any atom is 0.262 e. The first-order valence-electron chi connectivity index (χ1n) is 6.02. The number of para-hydroxylation sites is 1. The topological polar surface area (TPSA) is 55.4 Å². The number of rotatable bonds is 5.